The van der Waals surface area contributed by atoms with E-state index in [1.807, 2.05) is 0 Å². The first-order valence-corrected chi connectivity index (χ1v) is 5.70. The number of amides is 2. The lowest BCUT2D eigenvalue weighted by atomic mass is 9.74. The third kappa shape index (κ3) is 3.61. The lowest BCUT2D eigenvalue weighted by Crippen LogP contribution is -2.57. The number of urea groups is 1. The average Bonchev–Trinajstić information content (AvgIpc) is 2.24. The number of nitrogens with one attached hydrogen (secondary N) is 1. The molecule has 0 radical (unpaired) electrons. The maximum atomic E-state index is 11.8. The van der Waals surface area contributed by atoms with Crippen LogP contribution in [0.15, 0.2) is 0 Å². The van der Waals surface area contributed by atoms with E-state index in [0.29, 0.717) is 12.8 Å². The molecule has 0 aromatic rings. The van der Waals surface area contributed by atoms with Gasteiger partial charge < -0.3 is 20.1 Å². The van der Waals surface area contributed by atoms with Crippen molar-refractivity contribution in [3.8, 4) is 0 Å². The standard InChI is InChI=1S/C11H18N2O5/c1-13(7-9(16)18-2)10(17)12-11(4-3-5-11)6-8(14)15/h3-7H2,1-2H3,(H,12,17)(H,14,15). The molecule has 7 nitrogen and oxygen atoms in total. The lowest BCUT2D eigenvalue weighted by Gasteiger charge is -2.42. The summed E-state index contributed by atoms with van der Waals surface area (Å²) in [5.74, 6) is -1.46. The van der Waals surface area contributed by atoms with Gasteiger partial charge in [-0.25, -0.2) is 4.79 Å². The number of nitrogens with zero attached hydrogens (tertiary/aromatic N) is 1. The van der Waals surface area contributed by atoms with Gasteiger partial charge in [0.15, 0.2) is 0 Å². The minimum Gasteiger partial charge on any atom is -0.481 e. The molecule has 1 saturated carbocycles. The number of likely N-dealkylation sites (N-methyl/N-ethyl adjacent to an activating group) is 1. The Morgan fingerprint density at radius 2 is 2.00 bits per heavy atom. The highest BCUT2D eigenvalue weighted by Gasteiger charge is 2.41. The van der Waals surface area contributed by atoms with Gasteiger partial charge in [0.2, 0.25) is 0 Å². The summed E-state index contributed by atoms with van der Waals surface area (Å²) in [6, 6.07) is -0.457. The van der Waals surface area contributed by atoms with Crippen molar-refractivity contribution in [1.82, 2.24) is 10.2 Å². The van der Waals surface area contributed by atoms with Gasteiger partial charge in [0.25, 0.3) is 0 Å². The van der Waals surface area contributed by atoms with Crippen LogP contribution in [-0.4, -0.2) is 54.2 Å². The van der Waals surface area contributed by atoms with Gasteiger partial charge in [0.1, 0.15) is 6.54 Å². The summed E-state index contributed by atoms with van der Waals surface area (Å²) in [6.07, 6.45) is 2.10. The van der Waals surface area contributed by atoms with E-state index >= 15 is 0 Å². The zero-order chi connectivity index (χ0) is 13.8. The van der Waals surface area contributed by atoms with Gasteiger partial charge in [0.05, 0.1) is 19.1 Å². The third-order valence-corrected chi connectivity index (χ3v) is 3.11. The minimum absolute atomic E-state index is 0.0925. The summed E-state index contributed by atoms with van der Waals surface area (Å²) >= 11 is 0. The molecule has 1 aliphatic carbocycles. The van der Waals surface area contributed by atoms with Crippen LogP contribution < -0.4 is 5.32 Å². The molecule has 0 aromatic heterocycles. The Kier molecular flexibility index (Phi) is 4.52. The number of carbonyl (C=O) groups is 3. The number of carboxylic acid groups (broad SMARTS) is 1. The monoisotopic (exact) mass is 258 g/mol. The van der Waals surface area contributed by atoms with Crippen LogP contribution in [0.3, 0.4) is 0 Å². The lowest BCUT2D eigenvalue weighted by molar-refractivity contribution is -0.142. The normalized spacial score (nSPS) is 16.3. The molecule has 2 N–H and O–H groups in total. The molecule has 0 aromatic carbocycles. The van der Waals surface area contributed by atoms with Crippen LogP contribution in [0.25, 0.3) is 0 Å². The number of methoxy groups -OCH3 is 1. The van der Waals surface area contributed by atoms with Crippen molar-refractivity contribution in [3.05, 3.63) is 0 Å². The number of carbonyl (C=O) groups excluding carboxylic acids is 2. The molecule has 0 heterocycles. The van der Waals surface area contributed by atoms with E-state index in [1.165, 1.54) is 19.1 Å². The third-order valence-electron chi connectivity index (χ3n) is 3.11. The van der Waals surface area contributed by atoms with E-state index in [1.54, 1.807) is 0 Å². The Hall–Kier alpha value is -1.79. The fourth-order valence-corrected chi connectivity index (χ4v) is 1.89. The number of ether oxygens (including phenoxy) is 1. The van der Waals surface area contributed by atoms with Crippen molar-refractivity contribution in [3.63, 3.8) is 0 Å². The maximum Gasteiger partial charge on any atom is 0.325 e. The zero-order valence-corrected chi connectivity index (χ0v) is 10.6. The Morgan fingerprint density at radius 1 is 1.39 bits per heavy atom. The second-order valence-electron chi connectivity index (χ2n) is 4.57. The van der Waals surface area contributed by atoms with E-state index in [2.05, 4.69) is 10.1 Å². The molecular weight excluding hydrogens is 240 g/mol. The quantitative estimate of drug-likeness (QED) is 0.687. The van der Waals surface area contributed by atoms with Gasteiger partial charge in [-0.05, 0) is 19.3 Å². The molecule has 0 spiro atoms. The molecule has 0 saturated heterocycles. The average molecular weight is 258 g/mol. The van der Waals surface area contributed by atoms with Gasteiger partial charge in [-0.2, -0.15) is 0 Å². The van der Waals surface area contributed by atoms with Gasteiger partial charge in [-0.15, -0.1) is 0 Å². The number of carboxylic acids is 1. The number of hydrogen-bond donors (Lipinski definition) is 2. The predicted octanol–water partition coefficient (Wildman–Crippen LogP) is 0.198. The summed E-state index contributed by atoms with van der Waals surface area (Å²) in [5.41, 5.74) is -0.659. The van der Waals surface area contributed by atoms with Gasteiger partial charge in [-0.3, -0.25) is 9.59 Å². The van der Waals surface area contributed by atoms with Crippen molar-refractivity contribution in [1.29, 1.82) is 0 Å². The van der Waals surface area contributed by atoms with Crippen molar-refractivity contribution >= 4 is 18.0 Å². The number of rotatable bonds is 5. The molecule has 0 unspecified atom stereocenters. The Balaban J connectivity index is 2.51. The molecule has 2 amide bonds. The van der Waals surface area contributed by atoms with E-state index < -0.39 is 23.5 Å². The van der Waals surface area contributed by atoms with Crippen LogP contribution in [0, 0.1) is 0 Å². The van der Waals surface area contributed by atoms with E-state index in [0.717, 1.165) is 6.42 Å². The smallest absolute Gasteiger partial charge is 0.325 e. The summed E-state index contributed by atoms with van der Waals surface area (Å²) in [4.78, 5) is 34.7. The van der Waals surface area contributed by atoms with Crippen LogP contribution in [0.1, 0.15) is 25.7 Å². The van der Waals surface area contributed by atoms with Crippen molar-refractivity contribution in [2.24, 2.45) is 0 Å². The molecular formula is C11H18N2O5. The fraction of sp³-hybridized carbons (Fsp3) is 0.727. The maximum absolute atomic E-state index is 11.8. The number of esters is 1. The minimum atomic E-state index is -0.939. The second-order valence-corrected chi connectivity index (χ2v) is 4.57. The molecule has 0 bridgehead atoms. The molecule has 18 heavy (non-hydrogen) atoms. The van der Waals surface area contributed by atoms with Gasteiger partial charge in [-0.1, -0.05) is 0 Å². The fourth-order valence-electron chi connectivity index (χ4n) is 1.89. The highest BCUT2D eigenvalue weighted by molar-refractivity contribution is 5.81. The SMILES string of the molecule is COC(=O)CN(C)C(=O)NC1(CC(=O)O)CCC1. The summed E-state index contributed by atoms with van der Waals surface area (Å²) < 4.78 is 4.45. The highest BCUT2D eigenvalue weighted by Crippen LogP contribution is 2.34. The van der Waals surface area contributed by atoms with Crippen LogP contribution >= 0.6 is 0 Å². The molecule has 102 valence electrons. The molecule has 0 aliphatic heterocycles. The molecule has 7 heteroatoms. The summed E-state index contributed by atoms with van der Waals surface area (Å²) in [6.45, 7) is -0.161. The topological polar surface area (TPSA) is 95.9 Å². The van der Waals surface area contributed by atoms with Crippen LogP contribution in [-0.2, 0) is 14.3 Å². The van der Waals surface area contributed by atoms with Crippen molar-refractivity contribution in [2.45, 2.75) is 31.2 Å². The second kappa shape index (κ2) is 5.70. The van der Waals surface area contributed by atoms with Gasteiger partial charge >= 0.3 is 18.0 Å². The molecule has 1 fully saturated rings. The molecule has 1 aliphatic rings. The first kappa shape index (κ1) is 14.3. The number of hydrogen-bond acceptors (Lipinski definition) is 4. The van der Waals surface area contributed by atoms with Crippen LogP contribution in [0.2, 0.25) is 0 Å². The summed E-state index contributed by atoms with van der Waals surface area (Å²) in [5, 5.41) is 11.5. The Labute approximate surface area is 105 Å². The van der Waals surface area contributed by atoms with Crippen LogP contribution in [0.4, 0.5) is 4.79 Å². The Bertz CT molecular complexity index is 351. The zero-order valence-electron chi connectivity index (χ0n) is 10.6. The summed E-state index contributed by atoms with van der Waals surface area (Å²) in [7, 11) is 2.70. The van der Waals surface area contributed by atoms with E-state index in [-0.39, 0.29) is 13.0 Å². The predicted molar refractivity (Wildman–Crippen MR) is 62.0 cm³/mol. The molecule has 0 atom stereocenters. The molecule has 1 rings (SSSR count). The highest BCUT2D eigenvalue weighted by atomic mass is 16.5. The first-order valence-electron chi connectivity index (χ1n) is 5.70. The van der Waals surface area contributed by atoms with Crippen molar-refractivity contribution < 1.29 is 24.2 Å². The van der Waals surface area contributed by atoms with Crippen molar-refractivity contribution in [2.75, 3.05) is 20.7 Å². The van der Waals surface area contributed by atoms with E-state index in [4.69, 9.17) is 5.11 Å². The Morgan fingerprint density at radius 3 is 2.39 bits per heavy atom. The van der Waals surface area contributed by atoms with E-state index in [9.17, 15) is 14.4 Å². The first-order chi connectivity index (χ1) is 8.38. The van der Waals surface area contributed by atoms with Gasteiger partial charge in [0, 0.05) is 7.05 Å². The number of aliphatic carboxylic acids is 1. The largest absolute Gasteiger partial charge is 0.481 e. The van der Waals surface area contributed by atoms with Crippen LogP contribution in [0.5, 0.6) is 0 Å².